The topological polar surface area (TPSA) is 53.7 Å². The standard InChI is InChI=1S/C14H16BrNO3S/c1-17-10-5-4-9(13(18-2)14(10)19-3)12(16)8-6-11(15)20-7-8/h4-7,12H,16H2,1-3H3. The third-order valence-corrected chi connectivity index (χ3v) is 4.54. The van der Waals surface area contributed by atoms with E-state index in [9.17, 15) is 0 Å². The average Bonchev–Trinajstić information content (AvgIpc) is 2.91. The van der Waals surface area contributed by atoms with Crippen LogP contribution >= 0.6 is 27.3 Å². The quantitative estimate of drug-likeness (QED) is 0.888. The first-order chi connectivity index (χ1) is 9.62. The second kappa shape index (κ2) is 6.47. The zero-order chi connectivity index (χ0) is 14.7. The second-order valence-corrected chi connectivity index (χ2v) is 6.38. The number of hydrogen-bond acceptors (Lipinski definition) is 5. The van der Waals surface area contributed by atoms with Crippen LogP contribution in [0.1, 0.15) is 17.2 Å². The van der Waals surface area contributed by atoms with E-state index in [2.05, 4.69) is 15.9 Å². The van der Waals surface area contributed by atoms with Crippen molar-refractivity contribution in [1.29, 1.82) is 0 Å². The Morgan fingerprint density at radius 3 is 2.30 bits per heavy atom. The van der Waals surface area contributed by atoms with Gasteiger partial charge in [0.15, 0.2) is 11.5 Å². The number of rotatable bonds is 5. The first kappa shape index (κ1) is 15.2. The lowest BCUT2D eigenvalue weighted by Crippen LogP contribution is -2.13. The van der Waals surface area contributed by atoms with E-state index >= 15 is 0 Å². The molecule has 0 amide bonds. The zero-order valence-corrected chi connectivity index (χ0v) is 13.9. The molecule has 0 aliphatic heterocycles. The Hall–Kier alpha value is -1.24. The normalized spacial score (nSPS) is 12.1. The van der Waals surface area contributed by atoms with Gasteiger partial charge in [0.1, 0.15) is 0 Å². The Labute approximate surface area is 130 Å². The maximum absolute atomic E-state index is 6.33. The van der Waals surface area contributed by atoms with Crippen LogP contribution in [0.25, 0.3) is 0 Å². The second-order valence-electron chi connectivity index (χ2n) is 4.09. The van der Waals surface area contributed by atoms with Crippen molar-refractivity contribution in [3.05, 3.63) is 38.5 Å². The molecule has 108 valence electrons. The van der Waals surface area contributed by atoms with Crippen LogP contribution in [0.15, 0.2) is 27.4 Å². The van der Waals surface area contributed by atoms with Gasteiger partial charge in [0.2, 0.25) is 5.75 Å². The summed E-state index contributed by atoms with van der Waals surface area (Å²) in [6.07, 6.45) is 0. The van der Waals surface area contributed by atoms with E-state index in [1.807, 2.05) is 23.6 Å². The van der Waals surface area contributed by atoms with Gasteiger partial charge in [0.25, 0.3) is 0 Å². The predicted octanol–water partition coefficient (Wildman–Crippen LogP) is 3.58. The molecule has 0 spiro atoms. The first-order valence-corrected chi connectivity index (χ1v) is 7.58. The minimum absolute atomic E-state index is 0.285. The number of hydrogen-bond donors (Lipinski definition) is 1. The number of benzene rings is 1. The summed E-state index contributed by atoms with van der Waals surface area (Å²) in [4.78, 5) is 0. The molecule has 1 unspecified atom stereocenters. The molecule has 1 atom stereocenters. The van der Waals surface area contributed by atoms with Crippen molar-refractivity contribution in [3.8, 4) is 17.2 Å². The number of methoxy groups -OCH3 is 3. The van der Waals surface area contributed by atoms with Crippen molar-refractivity contribution in [2.24, 2.45) is 5.73 Å². The maximum Gasteiger partial charge on any atom is 0.203 e. The zero-order valence-electron chi connectivity index (χ0n) is 11.5. The molecule has 1 aromatic carbocycles. The van der Waals surface area contributed by atoms with E-state index < -0.39 is 0 Å². The smallest absolute Gasteiger partial charge is 0.203 e. The van der Waals surface area contributed by atoms with Crippen LogP contribution in [-0.4, -0.2) is 21.3 Å². The Bertz CT molecular complexity index is 600. The number of ether oxygens (including phenoxy) is 3. The third-order valence-electron chi connectivity index (χ3n) is 3.02. The fourth-order valence-corrected chi connectivity index (χ4v) is 3.25. The van der Waals surface area contributed by atoms with E-state index in [0.29, 0.717) is 17.2 Å². The van der Waals surface area contributed by atoms with Gasteiger partial charge >= 0.3 is 0 Å². The monoisotopic (exact) mass is 357 g/mol. The highest BCUT2D eigenvalue weighted by Gasteiger charge is 2.21. The van der Waals surface area contributed by atoms with Gasteiger partial charge in [0, 0.05) is 5.56 Å². The van der Waals surface area contributed by atoms with Crippen molar-refractivity contribution in [3.63, 3.8) is 0 Å². The number of nitrogens with two attached hydrogens (primary N) is 1. The van der Waals surface area contributed by atoms with Gasteiger partial charge in [0.05, 0.1) is 31.2 Å². The highest BCUT2D eigenvalue weighted by atomic mass is 79.9. The molecule has 4 nitrogen and oxygen atoms in total. The van der Waals surface area contributed by atoms with Gasteiger partial charge in [-0.05, 0) is 45.1 Å². The Morgan fingerprint density at radius 1 is 1.10 bits per heavy atom. The van der Waals surface area contributed by atoms with E-state index in [0.717, 1.165) is 14.9 Å². The molecule has 1 heterocycles. The molecule has 0 aliphatic rings. The summed E-state index contributed by atoms with van der Waals surface area (Å²) in [6, 6.07) is 5.45. The van der Waals surface area contributed by atoms with E-state index in [4.69, 9.17) is 19.9 Å². The van der Waals surface area contributed by atoms with Crippen LogP contribution in [0.3, 0.4) is 0 Å². The molecular weight excluding hydrogens is 342 g/mol. The fraction of sp³-hybridized carbons (Fsp3) is 0.286. The SMILES string of the molecule is COc1ccc(C(N)c2csc(Br)c2)c(OC)c1OC. The lowest BCUT2D eigenvalue weighted by atomic mass is 10.0. The molecule has 20 heavy (non-hydrogen) atoms. The van der Waals surface area contributed by atoms with Crippen LogP contribution in [0, 0.1) is 0 Å². The van der Waals surface area contributed by atoms with Gasteiger partial charge in [-0.2, -0.15) is 0 Å². The van der Waals surface area contributed by atoms with Gasteiger partial charge in [-0.3, -0.25) is 0 Å². The highest BCUT2D eigenvalue weighted by molar-refractivity contribution is 9.11. The van der Waals surface area contributed by atoms with Gasteiger partial charge in [-0.1, -0.05) is 0 Å². The lowest BCUT2D eigenvalue weighted by Gasteiger charge is -2.19. The Kier molecular flexibility index (Phi) is 4.91. The molecule has 6 heteroatoms. The Balaban J connectivity index is 2.51. The van der Waals surface area contributed by atoms with E-state index in [1.54, 1.807) is 32.7 Å². The number of halogens is 1. The predicted molar refractivity (Wildman–Crippen MR) is 84.1 cm³/mol. The van der Waals surface area contributed by atoms with Crippen LogP contribution in [-0.2, 0) is 0 Å². The molecule has 0 radical (unpaired) electrons. The molecule has 2 rings (SSSR count). The van der Waals surface area contributed by atoms with Crippen molar-refractivity contribution < 1.29 is 14.2 Å². The van der Waals surface area contributed by atoms with E-state index in [-0.39, 0.29) is 6.04 Å². The van der Waals surface area contributed by atoms with Crippen LogP contribution in [0.5, 0.6) is 17.2 Å². The minimum Gasteiger partial charge on any atom is -0.493 e. The molecular formula is C14H16BrNO3S. The fourth-order valence-electron chi connectivity index (χ4n) is 2.04. The lowest BCUT2D eigenvalue weighted by molar-refractivity contribution is 0.321. The van der Waals surface area contributed by atoms with Crippen molar-refractivity contribution in [2.45, 2.75) is 6.04 Å². The average molecular weight is 358 g/mol. The number of thiophene rings is 1. The highest BCUT2D eigenvalue weighted by Crippen LogP contribution is 2.43. The van der Waals surface area contributed by atoms with E-state index in [1.165, 1.54) is 0 Å². The Morgan fingerprint density at radius 2 is 1.80 bits per heavy atom. The third kappa shape index (κ3) is 2.77. The molecule has 0 saturated carbocycles. The summed E-state index contributed by atoms with van der Waals surface area (Å²) < 4.78 is 17.2. The minimum atomic E-state index is -0.285. The van der Waals surface area contributed by atoms with Crippen LogP contribution < -0.4 is 19.9 Å². The maximum atomic E-state index is 6.33. The van der Waals surface area contributed by atoms with Crippen molar-refractivity contribution in [2.75, 3.05) is 21.3 Å². The van der Waals surface area contributed by atoms with Crippen LogP contribution in [0.4, 0.5) is 0 Å². The van der Waals surface area contributed by atoms with Crippen molar-refractivity contribution in [1.82, 2.24) is 0 Å². The summed E-state index contributed by atoms with van der Waals surface area (Å²) in [7, 11) is 4.76. The van der Waals surface area contributed by atoms with Gasteiger partial charge in [-0.15, -0.1) is 11.3 Å². The summed E-state index contributed by atoms with van der Waals surface area (Å²) in [6.45, 7) is 0. The van der Waals surface area contributed by atoms with Gasteiger partial charge < -0.3 is 19.9 Å². The molecule has 0 fully saturated rings. The molecule has 2 N–H and O–H groups in total. The summed E-state index contributed by atoms with van der Waals surface area (Å²) in [5.41, 5.74) is 8.21. The molecule has 0 bridgehead atoms. The largest absolute Gasteiger partial charge is 0.493 e. The van der Waals surface area contributed by atoms with Gasteiger partial charge in [-0.25, -0.2) is 0 Å². The molecule has 0 saturated heterocycles. The molecule has 0 aliphatic carbocycles. The van der Waals surface area contributed by atoms with Crippen molar-refractivity contribution >= 4 is 27.3 Å². The first-order valence-electron chi connectivity index (χ1n) is 5.90. The summed E-state index contributed by atoms with van der Waals surface area (Å²) >= 11 is 5.04. The van der Waals surface area contributed by atoms with Crippen LogP contribution in [0.2, 0.25) is 0 Å². The molecule has 2 aromatic rings. The summed E-state index contributed by atoms with van der Waals surface area (Å²) in [5.74, 6) is 1.77. The molecule has 1 aromatic heterocycles. The summed E-state index contributed by atoms with van der Waals surface area (Å²) in [5, 5.41) is 2.02.